The van der Waals surface area contributed by atoms with Crippen molar-refractivity contribution in [3.05, 3.63) is 24.3 Å². The minimum absolute atomic E-state index is 0.0883. The number of benzene rings is 1. The van der Waals surface area contributed by atoms with Crippen LogP contribution in [-0.2, 0) is 9.59 Å². The zero-order valence-electron chi connectivity index (χ0n) is 11.2. The van der Waals surface area contributed by atoms with Crippen molar-refractivity contribution < 1.29 is 9.59 Å². The molecule has 0 atom stereocenters. The molecular formula is C14H19N2O2. The number of para-hydroxylation sites is 1. The van der Waals surface area contributed by atoms with Crippen LogP contribution in [0.1, 0.15) is 27.7 Å². The Bertz CT molecular complexity index is 398. The van der Waals surface area contributed by atoms with Gasteiger partial charge in [0.2, 0.25) is 11.8 Å². The molecular weight excluding hydrogens is 228 g/mol. The van der Waals surface area contributed by atoms with E-state index in [-0.39, 0.29) is 23.7 Å². The van der Waals surface area contributed by atoms with Crippen molar-refractivity contribution >= 4 is 23.2 Å². The van der Waals surface area contributed by atoms with Crippen molar-refractivity contribution in [3.8, 4) is 0 Å². The summed E-state index contributed by atoms with van der Waals surface area (Å²) in [5, 5.41) is 5.51. The summed E-state index contributed by atoms with van der Waals surface area (Å²) in [4.78, 5) is 23.3. The number of rotatable bonds is 4. The van der Waals surface area contributed by atoms with Crippen LogP contribution in [0.4, 0.5) is 11.4 Å². The molecule has 1 aromatic carbocycles. The Morgan fingerprint density at radius 3 is 2.17 bits per heavy atom. The molecule has 0 heterocycles. The van der Waals surface area contributed by atoms with Gasteiger partial charge in [0, 0.05) is 17.9 Å². The molecule has 0 saturated carbocycles. The summed E-state index contributed by atoms with van der Waals surface area (Å²) in [6.07, 6.45) is 0. The van der Waals surface area contributed by atoms with Crippen LogP contribution in [-0.4, -0.2) is 11.8 Å². The lowest BCUT2D eigenvalue weighted by atomic mass is 10.1. The quantitative estimate of drug-likeness (QED) is 0.859. The van der Waals surface area contributed by atoms with Gasteiger partial charge < -0.3 is 10.6 Å². The van der Waals surface area contributed by atoms with Crippen molar-refractivity contribution in [3.63, 3.8) is 0 Å². The highest BCUT2D eigenvalue weighted by Gasteiger charge is 2.13. The van der Waals surface area contributed by atoms with E-state index in [9.17, 15) is 9.59 Å². The maximum atomic E-state index is 11.6. The van der Waals surface area contributed by atoms with Crippen LogP contribution < -0.4 is 10.6 Å². The van der Waals surface area contributed by atoms with Gasteiger partial charge in [-0.2, -0.15) is 0 Å². The summed E-state index contributed by atoms with van der Waals surface area (Å²) < 4.78 is 0. The zero-order valence-corrected chi connectivity index (χ0v) is 11.2. The Balaban J connectivity index is 2.86. The molecule has 0 saturated heterocycles. The Morgan fingerprint density at radius 1 is 1.06 bits per heavy atom. The first kappa shape index (κ1) is 14.2. The van der Waals surface area contributed by atoms with Gasteiger partial charge in [-0.3, -0.25) is 9.59 Å². The second-order valence-corrected chi connectivity index (χ2v) is 4.75. The van der Waals surface area contributed by atoms with E-state index in [0.717, 1.165) is 0 Å². The molecule has 0 bridgehead atoms. The Hall–Kier alpha value is -1.84. The van der Waals surface area contributed by atoms with E-state index in [1.165, 1.54) is 0 Å². The molecule has 18 heavy (non-hydrogen) atoms. The van der Waals surface area contributed by atoms with Crippen LogP contribution in [0.3, 0.4) is 0 Å². The maximum absolute atomic E-state index is 11.6. The number of hydrogen-bond acceptors (Lipinski definition) is 2. The fourth-order valence-corrected chi connectivity index (χ4v) is 1.19. The largest absolute Gasteiger partial charge is 0.324 e. The Labute approximate surface area is 108 Å². The highest BCUT2D eigenvalue weighted by molar-refractivity contribution is 6.00. The van der Waals surface area contributed by atoms with Crippen LogP contribution in [0, 0.1) is 17.9 Å². The third kappa shape index (κ3) is 3.87. The van der Waals surface area contributed by atoms with Crippen molar-refractivity contribution in [2.75, 3.05) is 10.6 Å². The van der Waals surface area contributed by atoms with Gasteiger partial charge in [0.1, 0.15) is 0 Å². The van der Waals surface area contributed by atoms with Gasteiger partial charge in [-0.15, -0.1) is 0 Å². The molecule has 1 aromatic rings. The van der Waals surface area contributed by atoms with Crippen LogP contribution in [0.2, 0.25) is 0 Å². The van der Waals surface area contributed by atoms with Gasteiger partial charge in [0.15, 0.2) is 0 Å². The van der Waals surface area contributed by atoms with E-state index in [2.05, 4.69) is 16.7 Å². The predicted molar refractivity (Wildman–Crippen MR) is 72.2 cm³/mol. The number of nitrogens with one attached hydrogen (secondary N) is 2. The van der Waals surface area contributed by atoms with Gasteiger partial charge in [-0.05, 0) is 6.07 Å². The fourth-order valence-electron chi connectivity index (χ4n) is 1.19. The van der Waals surface area contributed by atoms with Gasteiger partial charge in [0.05, 0.1) is 11.4 Å². The zero-order chi connectivity index (χ0) is 13.7. The third-order valence-electron chi connectivity index (χ3n) is 2.41. The molecule has 0 aromatic heterocycles. The highest BCUT2D eigenvalue weighted by Crippen LogP contribution is 2.21. The monoisotopic (exact) mass is 247 g/mol. The van der Waals surface area contributed by atoms with Crippen molar-refractivity contribution in [1.29, 1.82) is 0 Å². The first-order valence-electron chi connectivity index (χ1n) is 6.04. The maximum Gasteiger partial charge on any atom is 0.226 e. The summed E-state index contributed by atoms with van der Waals surface area (Å²) in [5.41, 5.74) is 1.08. The lowest BCUT2D eigenvalue weighted by Gasteiger charge is -2.14. The normalized spacial score (nSPS) is 10.6. The average molecular weight is 247 g/mol. The van der Waals surface area contributed by atoms with Crippen LogP contribution >= 0.6 is 0 Å². The molecule has 2 amide bonds. The first-order valence-corrected chi connectivity index (χ1v) is 6.04. The van der Waals surface area contributed by atoms with Gasteiger partial charge in [-0.1, -0.05) is 39.8 Å². The summed E-state index contributed by atoms with van der Waals surface area (Å²) in [7, 11) is 0. The average Bonchev–Trinajstić information content (AvgIpc) is 2.31. The van der Waals surface area contributed by atoms with Crippen LogP contribution in [0.25, 0.3) is 0 Å². The molecule has 1 rings (SSSR count). The number of carbonyl (C=O) groups excluding carboxylic acids is 2. The molecule has 0 aliphatic rings. The molecule has 0 aliphatic carbocycles. The molecule has 2 N–H and O–H groups in total. The minimum atomic E-state index is -0.118. The second-order valence-electron chi connectivity index (χ2n) is 4.75. The third-order valence-corrected chi connectivity index (χ3v) is 2.41. The van der Waals surface area contributed by atoms with Gasteiger partial charge in [0.25, 0.3) is 0 Å². The smallest absolute Gasteiger partial charge is 0.226 e. The van der Waals surface area contributed by atoms with Gasteiger partial charge in [-0.25, -0.2) is 0 Å². The molecule has 0 spiro atoms. The summed E-state index contributed by atoms with van der Waals surface area (Å²) in [6.45, 7) is 7.25. The molecule has 0 fully saturated rings. The summed E-state index contributed by atoms with van der Waals surface area (Å²) in [5.74, 6) is -0.418. The van der Waals surface area contributed by atoms with E-state index in [4.69, 9.17) is 0 Å². The SMILES string of the molecule is CC(C)C(=O)Nc1[c]cccc1NC(=O)C(C)C. The number of hydrogen-bond donors (Lipinski definition) is 2. The summed E-state index contributed by atoms with van der Waals surface area (Å²) >= 11 is 0. The molecule has 4 heteroatoms. The van der Waals surface area contributed by atoms with Crippen LogP contribution in [0.5, 0.6) is 0 Å². The molecule has 97 valence electrons. The Kier molecular flexibility index (Phi) is 4.89. The fraction of sp³-hybridized carbons (Fsp3) is 0.429. The summed E-state index contributed by atoms with van der Waals surface area (Å²) in [6, 6.07) is 8.12. The minimum Gasteiger partial charge on any atom is -0.324 e. The standard InChI is InChI=1S/C14H19N2O2/c1-9(2)13(17)15-11-7-5-6-8-12(11)16-14(18)10(3)4/h5-7,9-10H,1-4H3,(H,15,17)(H,16,18). The Morgan fingerprint density at radius 2 is 1.61 bits per heavy atom. The van der Waals surface area contributed by atoms with E-state index >= 15 is 0 Å². The predicted octanol–water partition coefficient (Wildman–Crippen LogP) is 2.68. The lowest BCUT2D eigenvalue weighted by Crippen LogP contribution is -2.22. The number of anilines is 2. The van der Waals surface area contributed by atoms with Crippen molar-refractivity contribution in [1.82, 2.24) is 0 Å². The van der Waals surface area contributed by atoms with E-state index in [0.29, 0.717) is 11.4 Å². The molecule has 4 nitrogen and oxygen atoms in total. The lowest BCUT2D eigenvalue weighted by molar-refractivity contribution is -0.119. The first-order chi connectivity index (χ1) is 8.41. The van der Waals surface area contributed by atoms with Crippen molar-refractivity contribution in [2.24, 2.45) is 11.8 Å². The van der Waals surface area contributed by atoms with Crippen molar-refractivity contribution in [2.45, 2.75) is 27.7 Å². The second kappa shape index (κ2) is 6.19. The topological polar surface area (TPSA) is 58.2 Å². The van der Waals surface area contributed by atoms with E-state index in [1.54, 1.807) is 18.2 Å². The molecule has 0 unspecified atom stereocenters. The number of amides is 2. The highest BCUT2D eigenvalue weighted by atomic mass is 16.2. The van der Waals surface area contributed by atoms with Crippen LogP contribution in [0.15, 0.2) is 18.2 Å². The molecule has 1 radical (unpaired) electrons. The van der Waals surface area contributed by atoms with E-state index in [1.807, 2.05) is 27.7 Å². The molecule has 0 aliphatic heterocycles. The van der Waals surface area contributed by atoms with E-state index < -0.39 is 0 Å². The number of carbonyl (C=O) groups is 2. The van der Waals surface area contributed by atoms with Gasteiger partial charge >= 0.3 is 0 Å².